The Hall–Kier alpha value is -2.36. The van der Waals surface area contributed by atoms with Crippen LogP contribution in [0.25, 0.3) is 22.4 Å². The zero-order valence-electron chi connectivity index (χ0n) is 10.9. The van der Waals surface area contributed by atoms with E-state index in [0.717, 1.165) is 36.1 Å². The predicted octanol–water partition coefficient (Wildman–Crippen LogP) is 3.73. The number of imidazole rings is 1. The van der Waals surface area contributed by atoms with E-state index >= 15 is 0 Å². The first-order valence-corrected chi connectivity index (χ1v) is 6.83. The summed E-state index contributed by atoms with van der Waals surface area (Å²) in [6.07, 6.45) is 2.22. The summed E-state index contributed by atoms with van der Waals surface area (Å²) in [4.78, 5) is 7.74. The zero-order valence-corrected chi connectivity index (χ0v) is 10.9. The van der Waals surface area contributed by atoms with Gasteiger partial charge in [-0.05, 0) is 42.7 Å². The van der Waals surface area contributed by atoms with E-state index in [9.17, 15) is 4.39 Å². The van der Waals surface area contributed by atoms with E-state index < -0.39 is 0 Å². The van der Waals surface area contributed by atoms with E-state index in [0.29, 0.717) is 11.4 Å². The summed E-state index contributed by atoms with van der Waals surface area (Å²) in [7, 11) is 0. The first-order valence-electron chi connectivity index (χ1n) is 6.83. The fourth-order valence-corrected chi connectivity index (χ4v) is 2.76. The van der Waals surface area contributed by atoms with Gasteiger partial charge in [0.15, 0.2) is 0 Å². The Morgan fingerprint density at radius 1 is 1.15 bits per heavy atom. The van der Waals surface area contributed by atoms with E-state index in [1.54, 1.807) is 12.1 Å². The lowest BCUT2D eigenvalue weighted by Crippen LogP contribution is -2.11. The molecule has 0 saturated heterocycles. The van der Waals surface area contributed by atoms with Gasteiger partial charge in [0, 0.05) is 12.2 Å². The zero-order chi connectivity index (χ0) is 13.5. The van der Waals surface area contributed by atoms with E-state index in [2.05, 4.69) is 21.4 Å². The van der Waals surface area contributed by atoms with Gasteiger partial charge < -0.3 is 10.3 Å². The highest BCUT2D eigenvalue weighted by Crippen LogP contribution is 2.29. The lowest BCUT2D eigenvalue weighted by Gasteiger charge is -2.17. The molecule has 0 aliphatic carbocycles. The van der Waals surface area contributed by atoms with Crippen LogP contribution in [-0.4, -0.2) is 16.5 Å². The average molecular weight is 267 g/mol. The number of nitrogens with zero attached hydrogens (tertiary/aromatic N) is 1. The molecule has 1 aromatic heterocycles. The number of halogens is 1. The molecule has 0 bridgehead atoms. The lowest BCUT2D eigenvalue weighted by atomic mass is 10.0. The highest BCUT2D eigenvalue weighted by Gasteiger charge is 2.14. The van der Waals surface area contributed by atoms with Crippen LogP contribution in [0.1, 0.15) is 12.0 Å². The quantitative estimate of drug-likeness (QED) is 0.705. The molecule has 4 heteroatoms. The highest BCUT2D eigenvalue weighted by atomic mass is 19.1. The maximum atomic E-state index is 13.8. The minimum Gasteiger partial charge on any atom is -0.385 e. The molecule has 2 aromatic carbocycles. The van der Waals surface area contributed by atoms with Crippen LogP contribution in [0.4, 0.5) is 10.1 Å². The van der Waals surface area contributed by atoms with Crippen LogP contribution >= 0.6 is 0 Å². The first kappa shape index (κ1) is 11.5. The Morgan fingerprint density at radius 3 is 2.95 bits per heavy atom. The molecular formula is C16H14FN3. The standard InChI is InChI=1S/C16H14FN3/c17-12-6-2-1-5-11(12)16-19-14-8-10-4-3-7-18-13(10)9-15(14)20-16/h1-2,5-6,8-9,18H,3-4,7H2,(H,19,20). The molecule has 0 amide bonds. The van der Waals surface area contributed by atoms with Crippen LogP contribution in [0.2, 0.25) is 0 Å². The van der Waals surface area contributed by atoms with Crippen molar-refractivity contribution in [3.8, 4) is 11.4 Å². The Morgan fingerprint density at radius 2 is 2.05 bits per heavy atom. The molecule has 20 heavy (non-hydrogen) atoms. The second kappa shape index (κ2) is 4.34. The van der Waals surface area contributed by atoms with E-state index in [1.165, 1.54) is 11.6 Å². The molecule has 1 aliphatic heterocycles. The number of anilines is 1. The summed E-state index contributed by atoms with van der Waals surface area (Å²) in [5.41, 5.74) is 4.79. The number of nitrogens with one attached hydrogen (secondary N) is 2. The Kier molecular flexibility index (Phi) is 2.49. The van der Waals surface area contributed by atoms with Crippen molar-refractivity contribution in [3.05, 3.63) is 47.8 Å². The number of aromatic amines is 1. The Labute approximate surface area is 115 Å². The van der Waals surface area contributed by atoms with Gasteiger partial charge in [-0.25, -0.2) is 9.37 Å². The van der Waals surface area contributed by atoms with Crippen LogP contribution in [-0.2, 0) is 6.42 Å². The van der Waals surface area contributed by atoms with Gasteiger partial charge in [0.2, 0.25) is 0 Å². The number of aryl methyl sites for hydroxylation is 1. The monoisotopic (exact) mass is 267 g/mol. The van der Waals surface area contributed by atoms with Gasteiger partial charge in [-0.2, -0.15) is 0 Å². The number of hydrogen-bond acceptors (Lipinski definition) is 2. The summed E-state index contributed by atoms with van der Waals surface area (Å²) in [5.74, 6) is 0.329. The molecule has 0 spiro atoms. The van der Waals surface area contributed by atoms with Gasteiger partial charge in [0.05, 0.1) is 16.6 Å². The molecule has 0 saturated carbocycles. The van der Waals surface area contributed by atoms with Crippen molar-refractivity contribution in [2.75, 3.05) is 11.9 Å². The third-order valence-corrected chi connectivity index (χ3v) is 3.77. The van der Waals surface area contributed by atoms with E-state index in [1.807, 2.05) is 12.1 Å². The van der Waals surface area contributed by atoms with Crippen molar-refractivity contribution < 1.29 is 4.39 Å². The molecule has 0 radical (unpaired) electrons. The minimum atomic E-state index is -0.255. The van der Waals surface area contributed by atoms with Crippen LogP contribution in [0.15, 0.2) is 36.4 Å². The van der Waals surface area contributed by atoms with Crippen molar-refractivity contribution in [2.24, 2.45) is 0 Å². The SMILES string of the molecule is Fc1ccccc1-c1nc2cc3c(cc2[nH]1)CCCN3. The third-order valence-electron chi connectivity index (χ3n) is 3.77. The molecule has 4 rings (SSSR count). The second-order valence-corrected chi connectivity index (χ2v) is 5.12. The topological polar surface area (TPSA) is 40.7 Å². The summed E-state index contributed by atoms with van der Waals surface area (Å²) in [6, 6.07) is 10.9. The largest absolute Gasteiger partial charge is 0.385 e. The fraction of sp³-hybridized carbons (Fsp3) is 0.188. The molecule has 3 nitrogen and oxygen atoms in total. The number of fused-ring (bicyclic) bond motifs is 2. The number of H-pyrrole nitrogens is 1. The Balaban J connectivity index is 1.89. The van der Waals surface area contributed by atoms with Crippen molar-refractivity contribution >= 4 is 16.7 Å². The molecule has 3 aromatic rings. The average Bonchev–Trinajstić information content (AvgIpc) is 2.87. The normalized spacial score (nSPS) is 14.1. The van der Waals surface area contributed by atoms with E-state index in [-0.39, 0.29) is 5.82 Å². The third kappa shape index (κ3) is 1.76. The first-order chi connectivity index (χ1) is 9.81. The molecule has 2 heterocycles. The lowest BCUT2D eigenvalue weighted by molar-refractivity contribution is 0.630. The maximum absolute atomic E-state index is 13.8. The van der Waals surface area contributed by atoms with Crippen molar-refractivity contribution in [1.29, 1.82) is 0 Å². The minimum absolute atomic E-state index is 0.255. The van der Waals surface area contributed by atoms with Gasteiger partial charge in [0.25, 0.3) is 0 Å². The smallest absolute Gasteiger partial charge is 0.141 e. The fourth-order valence-electron chi connectivity index (χ4n) is 2.76. The van der Waals surface area contributed by atoms with Crippen molar-refractivity contribution in [3.63, 3.8) is 0 Å². The van der Waals surface area contributed by atoms with Gasteiger partial charge >= 0.3 is 0 Å². The van der Waals surface area contributed by atoms with Crippen molar-refractivity contribution in [2.45, 2.75) is 12.8 Å². The number of hydrogen-bond donors (Lipinski definition) is 2. The summed E-state index contributed by atoms with van der Waals surface area (Å²) < 4.78 is 13.8. The van der Waals surface area contributed by atoms with Gasteiger partial charge in [0.1, 0.15) is 11.6 Å². The van der Waals surface area contributed by atoms with Crippen LogP contribution in [0.5, 0.6) is 0 Å². The summed E-state index contributed by atoms with van der Waals surface area (Å²) in [6.45, 7) is 1.00. The molecular weight excluding hydrogens is 253 g/mol. The van der Waals surface area contributed by atoms with Crippen LogP contribution < -0.4 is 5.32 Å². The summed E-state index contributed by atoms with van der Waals surface area (Å²) >= 11 is 0. The molecule has 0 atom stereocenters. The van der Waals surface area contributed by atoms with Crippen molar-refractivity contribution in [1.82, 2.24) is 9.97 Å². The highest BCUT2D eigenvalue weighted by molar-refractivity contribution is 5.84. The molecule has 2 N–H and O–H groups in total. The molecule has 1 aliphatic rings. The maximum Gasteiger partial charge on any atom is 0.141 e. The number of rotatable bonds is 1. The second-order valence-electron chi connectivity index (χ2n) is 5.12. The molecule has 0 fully saturated rings. The number of benzene rings is 2. The van der Waals surface area contributed by atoms with E-state index in [4.69, 9.17) is 0 Å². The van der Waals surface area contributed by atoms with Gasteiger partial charge in [-0.1, -0.05) is 12.1 Å². The van der Waals surface area contributed by atoms with Crippen LogP contribution in [0, 0.1) is 5.82 Å². The Bertz CT molecular complexity index is 749. The molecule has 0 unspecified atom stereocenters. The van der Waals surface area contributed by atoms with Gasteiger partial charge in [-0.15, -0.1) is 0 Å². The summed E-state index contributed by atoms with van der Waals surface area (Å²) in [5, 5.41) is 3.39. The predicted molar refractivity (Wildman–Crippen MR) is 78.3 cm³/mol. The molecule has 100 valence electrons. The van der Waals surface area contributed by atoms with Crippen LogP contribution in [0.3, 0.4) is 0 Å². The number of aromatic nitrogens is 2. The van der Waals surface area contributed by atoms with Gasteiger partial charge in [-0.3, -0.25) is 0 Å².